The highest BCUT2D eigenvalue weighted by molar-refractivity contribution is 5.87. The molecule has 2 amide bonds. The van der Waals surface area contributed by atoms with Crippen LogP contribution >= 0.6 is 0 Å². The number of urea groups is 1. The number of ether oxygens (including phenoxy) is 2. The summed E-state index contributed by atoms with van der Waals surface area (Å²) >= 11 is 0. The van der Waals surface area contributed by atoms with Gasteiger partial charge in [-0.25, -0.2) is 10.2 Å². The van der Waals surface area contributed by atoms with E-state index >= 15 is 0 Å². The number of nitrogens with two attached hydrogens (primary N) is 1. The van der Waals surface area contributed by atoms with Gasteiger partial charge in [-0.05, 0) is 0 Å². The number of non-ortho nitro benzene ring substituents is 1. The summed E-state index contributed by atoms with van der Waals surface area (Å²) in [5.41, 5.74) is 6.88. The first-order chi connectivity index (χ1) is 8.99. The van der Waals surface area contributed by atoms with Gasteiger partial charge in [0.05, 0.1) is 31.4 Å². The summed E-state index contributed by atoms with van der Waals surface area (Å²) in [4.78, 5) is 20.7. The summed E-state index contributed by atoms with van der Waals surface area (Å²) in [7, 11) is 2.73. The van der Waals surface area contributed by atoms with E-state index in [1.807, 2.05) is 5.43 Å². The zero-order valence-electron chi connectivity index (χ0n) is 10.2. The molecule has 9 nitrogen and oxygen atoms in total. The number of nitrogens with zero attached hydrogens (tertiary/aromatic N) is 2. The molecule has 0 aliphatic heterocycles. The molecule has 9 heteroatoms. The average molecular weight is 268 g/mol. The molecule has 0 saturated carbocycles. The van der Waals surface area contributed by atoms with Crippen LogP contribution in [0.4, 0.5) is 10.5 Å². The Morgan fingerprint density at radius 1 is 1.47 bits per heavy atom. The summed E-state index contributed by atoms with van der Waals surface area (Å²) in [6.45, 7) is 0. The Hall–Kier alpha value is -2.84. The second-order valence-corrected chi connectivity index (χ2v) is 3.26. The molecule has 0 atom stereocenters. The van der Waals surface area contributed by atoms with E-state index in [0.717, 1.165) is 0 Å². The first-order valence-electron chi connectivity index (χ1n) is 4.98. The first-order valence-corrected chi connectivity index (χ1v) is 4.98. The van der Waals surface area contributed by atoms with Gasteiger partial charge in [0.15, 0.2) is 11.5 Å². The van der Waals surface area contributed by atoms with Crippen molar-refractivity contribution in [1.82, 2.24) is 5.43 Å². The average Bonchev–Trinajstić information content (AvgIpc) is 2.37. The third-order valence-corrected chi connectivity index (χ3v) is 2.08. The molecular formula is C10H12N4O5. The number of carbonyl (C=O) groups excluding carboxylic acids is 1. The lowest BCUT2D eigenvalue weighted by molar-refractivity contribution is -0.385. The molecule has 102 valence electrons. The Labute approximate surface area is 108 Å². The standard InChI is InChI=1S/C10H12N4O5/c1-18-8-4-7(14(16)17)3-6(9(8)19-2)5-12-13-10(11)15/h3-5H,1-2H3,(H3,11,13,15). The summed E-state index contributed by atoms with van der Waals surface area (Å²) in [5, 5.41) is 14.3. The third kappa shape index (κ3) is 3.56. The van der Waals surface area contributed by atoms with Crippen molar-refractivity contribution in [3.05, 3.63) is 27.8 Å². The first kappa shape index (κ1) is 14.2. The fourth-order valence-corrected chi connectivity index (χ4v) is 1.35. The van der Waals surface area contributed by atoms with E-state index in [1.165, 1.54) is 32.6 Å². The lowest BCUT2D eigenvalue weighted by Gasteiger charge is -2.09. The molecule has 0 fully saturated rings. The minimum absolute atomic E-state index is 0.178. The van der Waals surface area contributed by atoms with Crippen molar-refractivity contribution in [2.24, 2.45) is 10.8 Å². The molecule has 0 bridgehead atoms. The van der Waals surface area contributed by atoms with Crippen molar-refractivity contribution in [3.63, 3.8) is 0 Å². The molecule has 0 spiro atoms. The van der Waals surface area contributed by atoms with Crippen molar-refractivity contribution in [1.29, 1.82) is 0 Å². The van der Waals surface area contributed by atoms with Crippen LogP contribution in [0.1, 0.15) is 5.56 Å². The van der Waals surface area contributed by atoms with Gasteiger partial charge in [0.2, 0.25) is 0 Å². The van der Waals surface area contributed by atoms with Crippen molar-refractivity contribution in [2.45, 2.75) is 0 Å². The van der Waals surface area contributed by atoms with Crippen LogP contribution < -0.4 is 20.6 Å². The van der Waals surface area contributed by atoms with E-state index in [-0.39, 0.29) is 22.7 Å². The highest BCUT2D eigenvalue weighted by Crippen LogP contribution is 2.34. The number of nitrogens with one attached hydrogen (secondary N) is 1. The lowest BCUT2D eigenvalue weighted by atomic mass is 10.1. The normalized spacial score (nSPS) is 10.2. The number of amides is 2. The van der Waals surface area contributed by atoms with Crippen LogP contribution in [0.15, 0.2) is 17.2 Å². The molecule has 0 heterocycles. The largest absolute Gasteiger partial charge is 0.493 e. The van der Waals surface area contributed by atoms with Gasteiger partial charge in [-0.2, -0.15) is 5.10 Å². The Kier molecular flexibility index (Phi) is 4.63. The maximum atomic E-state index is 10.8. The summed E-state index contributed by atoms with van der Waals surface area (Å²) in [5.74, 6) is 0.431. The fraction of sp³-hybridized carbons (Fsp3) is 0.200. The Bertz CT molecular complexity index is 529. The van der Waals surface area contributed by atoms with Crippen molar-refractivity contribution >= 4 is 17.9 Å². The molecule has 19 heavy (non-hydrogen) atoms. The molecule has 1 rings (SSSR count). The van der Waals surface area contributed by atoms with Gasteiger partial charge >= 0.3 is 6.03 Å². The van der Waals surface area contributed by atoms with Crippen molar-refractivity contribution in [3.8, 4) is 11.5 Å². The van der Waals surface area contributed by atoms with Gasteiger partial charge in [0.1, 0.15) is 0 Å². The smallest absolute Gasteiger partial charge is 0.332 e. The number of hydrazone groups is 1. The van der Waals surface area contributed by atoms with Crippen LogP contribution in [0.25, 0.3) is 0 Å². The van der Waals surface area contributed by atoms with Gasteiger partial charge in [-0.1, -0.05) is 0 Å². The van der Waals surface area contributed by atoms with E-state index in [0.29, 0.717) is 0 Å². The molecule has 0 aliphatic rings. The highest BCUT2D eigenvalue weighted by atomic mass is 16.6. The fourth-order valence-electron chi connectivity index (χ4n) is 1.35. The van der Waals surface area contributed by atoms with E-state index in [9.17, 15) is 14.9 Å². The van der Waals surface area contributed by atoms with E-state index in [4.69, 9.17) is 15.2 Å². The van der Waals surface area contributed by atoms with E-state index in [1.54, 1.807) is 0 Å². The molecular weight excluding hydrogens is 256 g/mol. The second-order valence-electron chi connectivity index (χ2n) is 3.26. The SMILES string of the molecule is COc1cc([N+](=O)[O-])cc(C=NNC(N)=O)c1OC. The molecule has 1 aromatic carbocycles. The number of nitro groups is 1. The summed E-state index contributed by atoms with van der Waals surface area (Å²) < 4.78 is 10.1. The van der Waals surface area contributed by atoms with E-state index in [2.05, 4.69) is 5.10 Å². The molecule has 1 aromatic rings. The predicted octanol–water partition coefficient (Wildman–Crippen LogP) is 0.614. The zero-order valence-corrected chi connectivity index (χ0v) is 10.2. The van der Waals surface area contributed by atoms with Crippen molar-refractivity contribution < 1.29 is 19.2 Å². The van der Waals surface area contributed by atoms with Crippen LogP contribution in [-0.4, -0.2) is 31.4 Å². The van der Waals surface area contributed by atoms with Crippen LogP contribution in [0.2, 0.25) is 0 Å². The monoisotopic (exact) mass is 268 g/mol. The number of rotatable bonds is 5. The maximum Gasteiger partial charge on any atom is 0.332 e. The number of methoxy groups -OCH3 is 2. The topological polar surface area (TPSA) is 129 Å². The highest BCUT2D eigenvalue weighted by Gasteiger charge is 2.17. The van der Waals surface area contributed by atoms with Gasteiger partial charge in [-0.15, -0.1) is 0 Å². The summed E-state index contributed by atoms with van der Waals surface area (Å²) in [6, 6.07) is 1.60. The van der Waals surface area contributed by atoms with Crippen LogP contribution in [0.5, 0.6) is 11.5 Å². The van der Waals surface area contributed by atoms with Gasteiger partial charge in [-0.3, -0.25) is 10.1 Å². The van der Waals surface area contributed by atoms with Gasteiger partial charge < -0.3 is 15.2 Å². The number of benzene rings is 1. The Morgan fingerprint density at radius 3 is 2.63 bits per heavy atom. The molecule has 3 N–H and O–H groups in total. The molecule has 0 unspecified atom stereocenters. The number of carbonyl (C=O) groups is 1. The molecule has 0 aromatic heterocycles. The van der Waals surface area contributed by atoms with Crippen LogP contribution in [-0.2, 0) is 0 Å². The second kappa shape index (κ2) is 6.19. The molecule has 0 saturated heterocycles. The van der Waals surface area contributed by atoms with Crippen LogP contribution in [0, 0.1) is 10.1 Å². The Morgan fingerprint density at radius 2 is 2.16 bits per heavy atom. The van der Waals surface area contributed by atoms with Gasteiger partial charge in [0.25, 0.3) is 5.69 Å². The third-order valence-electron chi connectivity index (χ3n) is 2.08. The van der Waals surface area contributed by atoms with Crippen molar-refractivity contribution in [2.75, 3.05) is 14.2 Å². The Balaban J connectivity index is 3.25. The maximum absolute atomic E-state index is 10.8. The number of nitro benzene ring substituents is 1. The number of primary amides is 1. The van der Waals surface area contributed by atoms with Gasteiger partial charge in [0, 0.05) is 11.6 Å². The predicted molar refractivity (Wildman–Crippen MR) is 66.5 cm³/mol. The molecule has 0 aliphatic carbocycles. The number of hydrogen-bond donors (Lipinski definition) is 2. The number of hydrogen-bond acceptors (Lipinski definition) is 6. The minimum atomic E-state index is -0.854. The molecule has 0 radical (unpaired) electrons. The lowest BCUT2D eigenvalue weighted by Crippen LogP contribution is -2.24. The zero-order chi connectivity index (χ0) is 14.4. The van der Waals surface area contributed by atoms with Crippen LogP contribution in [0.3, 0.4) is 0 Å². The quantitative estimate of drug-likeness (QED) is 0.459. The minimum Gasteiger partial charge on any atom is -0.493 e. The van der Waals surface area contributed by atoms with E-state index < -0.39 is 11.0 Å². The summed E-state index contributed by atoms with van der Waals surface area (Å²) in [6.07, 6.45) is 1.17.